The third-order valence-electron chi connectivity index (χ3n) is 6.00. The number of nitrogens with one attached hydrogen (secondary N) is 1. The van der Waals surface area contributed by atoms with Crippen LogP contribution in [0.2, 0.25) is 0 Å². The van der Waals surface area contributed by atoms with Crippen LogP contribution in [0.25, 0.3) is 28.2 Å². The highest BCUT2D eigenvalue weighted by molar-refractivity contribution is 5.80. The molecule has 5 aromatic rings. The van der Waals surface area contributed by atoms with Crippen molar-refractivity contribution < 1.29 is 0 Å². The first-order valence-corrected chi connectivity index (χ1v) is 11.8. The number of hydrogen-bond donors (Lipinski definition) is 1. The third kappa shape index (κ3) is 4.82. The van der Waals surface area contributed by atoms with Crippen molar-refractivity contribution in [2.45, 2.75) is 33.2 Å². The van der Waals surface area contributed by atoms with Crippen LogP contribution in [0, 0.1) is 5.92 Å². The molecular formula is C27H27N7O. The fourth-order valence-corrected chi connectivity index (χ4v) is 4.11. The van der Waals surface area contributed by atoms with Crippen molar-refractivity contribution in [3.63, 3.8) is 0 Å². The van der Waals surface area contributed by atoms with Gasteiger partial charge in [-0.3, -0.25) is 4.57 Å². The Morgan fingerprint density at radius 1 is 0.886 bits per heavy atom. The van der Waals surface area contributed by atoms with Gasteiger partial charge in [0.25, 0.3) is 0 Å². The molecule has 35 heavy (non-hydrogen) atoms. The van der Waals surface area contributed by atoms with Gasteiger partial charge in [0.1, 0.15) is 5.82 Å². The van der Waals surface area contributed by atoms with E-state index in [0.717, 1.165) is 46.6 Å². The van der Waals surface area contributed by atoms with Crippen molar-refractivity contribution in [3.8, 4) is 28.2 Å². The highest BCUT2D eigenvalue weighted by atomic mass is 16.2. The molecule has 0 aliphatic heterocycles. The number of nitrogens with zero attached hydrogens (tertiary/aromatic N) is 6. The summed E-state index contributed by atoms with van der Waals surface area (Å²) in [6.07, 6.45) is 1.72. The van der Waals surface area contributed by atoms with Crippen molar-refractivity contribution in [3.05, 3.63) is 101 Å². The van der Waals surface area contributed by atoms with Crippen LogP contribution in [0.4, 0.5) is 0 Å². The zero-order valence-electron chi connectivity index (χ0n) is 19.8. The van der Waals surface area contributed by atoms with Crippen molar-refractivity contribution >= 4 is 0 Å². The van der Waals surface area contributed by atoms with Gasteiger partial charge >= 0.3 is 5.69 Å². The fraction of sp³-hybridized carbons (Fsp3) is 0.222. The predicted molar refractivity (Wildman–Crippen MR) is 135 cm³/mol. The summed E-state index contributed by atoms with van der Waals surface area (Å²) in [6, 6.07) is 25.8. The highest BCUT2D eigenvalue weighted by Crippen LogP contribution is 2.29. The second-order valence-corrected chi connectivity index (χ2v) is 8.94. The maximum Gasteiger partial charge on any atom is 0.351 e. The van der Waals surface area contributed by atoms with Crippen molar-refractivity contribution in [1.82, 2.24) is 35.0 Å². The normalized spacial score (nSPS) is 11.3. The Kier molecular flexibility index (Phi) is 6.34. The van der Waals surface area contributed by atoms with Gasteiger partial charge in [-0.15, -0.1) is 15.3 Å². The van der Waals surface area contributed by atoms with Gasteiger partial charge in [0.2, 0.25) is 5.82 Å². The van der Waals surface area contributed by atoms with Gasteiger partial charge in [-0.05, 0) is 46.4 Å². The number of benzene rings is 3. The minimum absolute atomic E-state index is 0.124. The second kappa shape index (κ2) is 9.89. The molecule has 0 saturated heterocycles. The van der Waals surface area contributed by atoms with E-state index < -0.39 is 0 Å². The molecular weight excluding hydrogens is 438 g/mol. The number of H-pyrrole nitrogens is 1. The summed E-state index contributed by atoms with van der Waals surface area (Å²) in [4.78, 5) is 13.3. The summed E-state index contributed by atoms with van der Waals surface area (Å²) in [6.45, 7) is 4.83. The molecule has 0 unspecified atom stereocenters. The molecule has 5 rings (SSSR count). The molecule has 0 radical (unpaired) electrons. The molecule has 176 valence electrons. The first-order chi connectivity index (χ1) is 17.1. The number of hydrogen-bond acceptors (Lipinski definition) is 5. The molecule has 0 bridgehead atoms. The lowest BCUT2D eigenvalue weighted by molar-refractivity contribution is 0.558. The van der Waals surface area contributed by atoms with Crippen molar-refractivity contribution in [2.75, 3.05) is 0 Å². The monoisotopic (exact) mass is 465 g/mol. The van der Waals surface area contributed by atoms with E-state index in [1.54, 1.807) is 4.57 Å². The van der Waals surface area contributed by atoms with Crippen molar-refractivity contribution in [1.29, 1.82) is 0 Å². The van der Waals surface area contributed by atoms with E-state index in [4.69, 9.17) is 5.10 Å². The lowest BCUT2D eigenvalue weighted by Crippen LogP contribution is -2.25. The molecule has 0 saturated carbocycles. The van der Waals surface area contributed by atoms with Gasteiger partial charge in [-0.2, -0.15) is 9.90 Å². The molecule has 3 aromatic carbocycles. The molecule has 0 atom stereocenters. The number of tetrazole rings is 1. The Morgan fingerprint density at radius 2 is 1.60 bits per heavy atom. The van der Waals surface area contributed by atoms with Gasteiger partial charge in [0.05, 0.1) is 12.2 Å². The second-order valence-electron chi connectivity index (χ2n) is 8.94. The highest BCUT2D eigenvalue weighted by Gasteiger charge is 2.16. The van der Waals surface area contributed by atoms with Gasteiger partial charge in [-0.1, -0.05) is 80.6 Å². The Labute approximate surface area is 203 Å². The van der Waals surface area contributed by atoms with Crippen LogP contribution >= 0.6 is 0 Å². The first-order valence-electron chi connectivity index (χ1n) is 11.8. The van der Waals surface area contributed by atoms with E-state index in [1.807, 2.05) is 54.6 Å². The zero-order chi connectivity index (χ0) is 24.2. The lowest BCUT2D eigenvalue weighted by Gasteiger charge is -2.10. The molecule has 0 aliphatic rings. The minimum Gasteiger partial charge on any atom is -0.274 e. The number of rotatable bonds is 8. The van der Waals surface area contributed by atoms with Crippen LogP contribution in [0.1, 0.15) is 31.7 Å². The summed E-state index contributed by atoms with van der Waals surface area (Å²) in [5, 5.41) is 19.2. The van der Waals surface area contributed by atoms with Crippen LogP contribution in [0.5, 0.6) is 0 Å². The topological polar surface area (TPSA) is 94.3 Å². The minimum atomic E-state index is -0.124. The van der Waals surface area contributed by atoms with Crippen LogP contribution < -0.4 is 5.69 Å². The average Bonchev–Trinajstić information content (AvgIpc) is 3.53. The number of aromatic nitrogens is 7. The summed E-state index contributed by atoms with van der Waals surface area (Å²) in [5.41, 5.74) is 4.65. The number of para-hydroxylation sites is 1. The quantitative estimate of drug-likeness (QED) is 0.364. The van der Waals surface area contributed by atoms with E-state index in [2.05, 4.69) is 58.7 Å². The van der Waals surface area contributed by atoms with Gasteiger partial charge in [0, 0.05) is 12.0 Å². The summed E-state index contributed by atoms with van der Waals surface area (Å²) < 4.78 is 3.29. The SMILES string of the molecule is CC(C)CCc1nn(-c2ccccc2)c(=O)n1Cc1ccc(-c2ccccc2-c2nn[nH]n2)cc1. The zero-order valence-corrected chi connectivity index (χ0v) is 19.8. The largest absolute Gasteiger partial charge is 0.351 e. The van der Waals surface area contributed by atoms with Crippen LogP contribution in [0.15, 0.2) is 83.7 Å². The molecule has 8 nitrogen and oxygen atoms in total. The maximum absolute atomic E-state index is 13.3. The van der Waals surface area contributed by atoms with Gasteiger partial charge in [-0.25, -0.2) is 4.79 Å². The Morgan fingerprint density at radius 3 is 2.29 bits per heavy atom. The van der Waals surface area contributed by atoms with E-state index >= 15 is 0 Å². The standard InChI is InChI=1S/C27H27N7O/c1-19(2)12-17-25-30-34(22-8-4-3-5-9-22)27(35)33(25)18-20-13-15-21(16-14-20)23-10-6-7-11-24(23)26-28-31-32-29-26/h3-11,13-16,19H,12,17-18H2,1-2H3,(H,28,29,31,32). The van der Waals surface area contributed by atoms with Gasteiger partial charge in [0.15, 0.2) is 0 Å². The third-order valence-corrected chi connectivity index (χ3v) is 6.00. The summed E-state index contributed by atoms with van der Waals surface area (Å²) in [7, 11) is 0. The molecule has 1 N–H and O–H groups in total. The van der Waals surface area contributed by atoms with E-state index in [9.17, 15) is 4.79 Å². The molecule has 0 amide bonds. The Bertz CT molecular complexity index is 1450. The number of aryl methyl sites for hydroxylation is 1. The Balaban J connectivity index is 1.46. The first kappa shape index (κ1) is 22.5. The predicted octanol–water partition coefficient (Wildman–Crippen LogP) is 4.52. The van der Waals surface area contributed by atoms with Crippen LogP contribution in [-0.2, 0) is 13.0 Å². The summed E-state index contributed by atoms with van der Waals surface area (Å²) in [5.74, 6) is 1.89. The lowest BCUT2D eigenvalue weighted by atomic mass is 9.98. The van der Waals surface area contributed by atoms with E-state index in [1.165, 1.54) is 4.68 Å². The van der Waals surface area contributed by atoms with E-state index in [-0.39, 0.29) is 5.69 Å². The molecule has 8 heteroatoms. The molecule has 2 heterocycles. The van der Waals surface area contributed by atoms with E-state index in [0.29, 0.717) is 18.3 Å². The van der Waals surface area contributed by atoms with Crippen LogP contribution in [0.3, 0.4) is 0 Å². The molecule has 2 aromatic heterocycles. The maximum atomic E-state index is 13.3. The van der Waals surface area contributed by atoms with Crippen LogP contribution in [-0.4, -0.2) is 35.0 Å². The average molecular weight is 466 g/mol. The molecule has 0 fully saturated rings. The fourth-order valence-electron chi connectivity index (χ4n) is 4.11. The summed E-state index contributed by atoms with van der Waals surface area (Å²) >= 11 is 0. The number of aromatic amines is 1. The van der Waals surface area contributed by atoms with Gasteiger partial charge < -0.3 is 0 Å². The smallest absolute Gasteiger partial charge is 0.274 e. The van der Waals surface area contributed by atoms with Crippen molar-refractivity contribution in [2.24, 2.45) is 5.92 Å². The molecule has 0 spiro atoms. The Hall–Kier alpha value is -4.33. The molecule has 0 aliphatic carbocycles.